The number of carbonyl (C=O) groups is 2. The third-order valence-corrected chi connectivity index (χ3v) is 4.08. The van der Waals surface area contributed by atoms with Crippen molar-refractivity contribution in [1.82, 2.24) is 15.1 Å². The number of rotatable bonds is 5. The quantitative estimate of drug-likeness (QED) is 0.888. The zero-order valence-electron chi connectivity index (χ0n) is 13.7. The van der Waals surface area contributed by atoms with Gasteiger partial charge in [0.1, 0.15) is 5.82 Å². The standard InChI is InChI=1S/C17H24FN3O2/c1-20(2)16(22)10-19-17(23)14-6-4-8-21(12-14)11-13-5-3-7-15(18)9-13/h3,5,7,9,14H,4,6,8,10-12H2,1-2H3,(H,19,23)/t14-/m1/s1. The Hall–Kier alpha value is -1.95. The van der Waals surface area contributed by atoms with Gasteiger partial charge in [-0.1, -0.05) is 12.1 Å². The molecule has 1 aromatic carbocycles. The molecule has 2 amide bonds. The van der Waals surface area contributed by atoms with Gasteiger partial charge in [-0.3, -0.25) is 14.5 Å². The molecule has 1 N–H and O–H groups in total. The first-order valence-corrected chi connectivity index (χ1v) is 7.90. The lowest BCUT2D eigenvalue weighted by Crippen LogP contribution is -2.45. The monoisotopic (exact) mass is 321 g/mol. The van der Waals surface area contributed by atoms with Gasteiger partial charge in [0.15, 0.2) is 0 Å². The predicted molar refractivity (Wildman–Crippen MR) is 86.1 cm³/mol. The Labute approximate surface area is 136 Å². The van der Waals surface area contributed by atoms with E-state index in [2.05, 4.69) is 10.2 Å². The van der Waals surface area contributed by atoms with E-state index in [1.165, 1.54) is 17.0 Å². The number of nitrogens with one attached hydrogen (secondary N) is 1. The van der Waals surface area contributed by atoms with Gasteiger partial charge in [-0.05, 0) is 37.1 Å². The Bertz CT molecular complexity index is 563. The lowest BCUT2D eigenvalue weighted by atomic mass is 9.96. The van der Waals surface area contributed by atoms with Crippen LogP contribution in [0.25, 0.3) is 0 Å². The van der Waals surface area contributed by atoms with E-state index in [9.17, 15) is 14.0 Å². The summed E-state index contributed by atoms with van der Waals surface area (Å²) in [5, 5.41) is 2.71. The average Bonchev–Trinajstić information content (AvgIpc) is 2.52. The molecular weight excluding hydrogens is 297 g/mol. The molecule has 1 heterocycles. The second-order valence-electron chi connectivity index (χ2n) is 6.21. The van der Waals surface area contributed by atoms with Crippen molar-refractivity contribution >= 4 is 11.8 Å². The number of piperidine rings is 1. The zero-order chi connectivity index (χ0) is 16.8. The van der Waals surface area contributed by atoms with E-state index in [0.29, 0.717) is 13.1 Å². The lowest BCUT2D eigenvalue weighted by molar-refractivity contribution is -0.133. The van der Waals surface area contributed by atoms with Crippen LogP contribution in [0.2, 0.25) is 0 Å². The minimum Gasteiger partial charge on any atom is -0.347 e. The Morgan fingerprint density at radius 2 is 2.17 bits per heavy atom. The van der Waals surface area contributed by atoms with E-state index in [-0.39, 0.29) is 30.1 Å². The summed E-state index contributed by atoms with van der Waals surface area (Å²) in [4.78, 5) is 27.4. The van der Waals surface area contributed by atoms with Gasteiger partial charge in [-0.25, -0.2) is 4.39 Å². The van der Waals surface area contributed by atoms with Crippen LogP contribution in [0.5, 0.6) is 0 Å². The molecule has 0 spiro atoms. The molecule has 1 atom stereocenters. The molecule has 1 aromatic rings. The molecule has 126 valence electrons. The van der Waals surface area contributed by atoms with Crippen LogP contribution >= 0.6 is 0 Å². The number of hydrogen-bond donors (Lipinski definition) is 1. The average molecular weight is 321 g/mol. The summed E-state index contributed by atoms with van der Waals surface area (Å²) < 4.78 is 13.2. The number of benzene rings is 1. The third kappa shape index (κ3) is 5.32. The minimum absolute atomic E-state index is 0.0340. The predicted octanol–water partition coefficient (Wildman–Crippen LogP) is 1.24. The Morgan fingerprint density at radius 3 is 2.87 bits per heavy atom. The minimum atomic E-state index is -0.240. The van der Waals surface area contributed by atoms with Gasteiger partial charge in [0.25, 0.3) is 0 Å². The van der Waals surface area contributed by atoms with Crippen LogP contribution in [0.15, 0.2) is 24.3 Å². The third-order valence-electron chi connectivity index (χ3n) is 4.08. The van der Waals surface area contributed by atoms with Crippen LogP contribution in [0, 0.1) is 11.7 Å². The second kappa shape index (κ2) is 8.06. The molecule has 0 saturated carbocycles. The highest BCUT2D eigenvalue weighted by molar-refractivity contribution is 5.85. The summed E-state index contributed by atoms with van der Waals surface area (Å²) >= 11 is 0. The first-order valence-electron chi connectivity index (χ1n) is 7.90. The maximum absolute atomic E-state index is 13.2. The molecule has 0 aliphatic carbocycles. The van der Waals surface area contributed by atoms with Crippen molar-refractivity contribution in [3.8, 4) is 0 Å². The Kier molecular flexibility index (Phi) is 6.10. The number of likely N-dealkylation sites (N-methyl/N-ethyl adjacent to an activating group) is 1. The Morgan fingerprint density at radius 1 is 1.39 bits per heavy atom. The van der Waals surface area contributed by atoms with Crippen molar-refractivity contribution in [3.05, 3.63) is 35.6 Å². The molecular formula is C17H24FN3O2. The maximum atomic E-state index is 13.2. The number of carbonyl (C=O) groups excluding carboxylic acids is 2. The SMILES string of the molecule is CN(C)C(=O)CNC(=O)[C@@H]1CCCN(Cc2cccc(F)c2)C1. The fraction of sp³-hybridized carbons (Fsp3) is 0.529. The molecule has 23 heavy (non-hydrogen) atoms. The largest absolute Gasteiger partial charge is 0.347 e. The summed E-state index contributed by atoms with van der Waals surface area (Å²) in [6, 6.07) is 6.55. The molecule has 1 aliphatic heterocycles. The highest BCUT2D eigenvalue weighted by Crippen LogP contribution is 2.19. The summed E-state index contributed by atoms with van der Waals surface area (Å²) in [7, 11) is 3.33. The Balaban J connectivity index is 1.85. The summed E-state index contributed by atoms with van der Waals surface area (Å²) in [6.07, 6.45) is 1.75. The molecule has 0 aromatic heterocycles. The number of likely N-dealkylation sites (tertiary alicyclic amines) is 1. The van der Waals surface area contributed by atoms with Crippen LogP contribution < -0.4 is 5.32 Å². The fourth-order valence-electron chi connectivity index (χ4n) is 2.77. The van der Waals surface area contributed by atoms with Gasteiger partial charge in [0.2, 0.25) is 11.8 Å². The van der Waals surface area contributed by atoms with Crippen LogP contribution in [0.3, 0.4) is 0 Å². The highest BCUT2D eigenvalue weighted by atomic mass is 19.1. The molecule has 2 rings (SSSR count). The number of hydrogen-bond acceptors (Lipinski definition) is 3. The normalized spacial score (nSPS) is 18.5. The van der Waals surface area contributed by atoms with Crippen molar-refractivity contribution in [2.45, 2.75) is 19.4 Å². The summed E-state index contributed by atoms with van der Waals surface area (Å²) in [6.45, 7) is 2.21. The van der Waals surface area contributed by atoms with Crippen molar-refractivity contribution in [2.24, 2.45) is 5.92 Å². The van der Waals surface area contributed by atoms with Crippen molar-refractivity contribution in [2.75, 3.05) is 33.7 Å². The van der Waals surface area contributed by atoms with Crippen molar-refractivity contribution < 1.29 is 14.0 Å². The van der Waals surface area contributed by atoms with Crippen LogP contribution in [-0.2, 0) is 16.1 Å². The van der Waals surface area contributed by atoms with E-state index in [1.807, 2.05) is 6.07 Å². The number of nitrogens with zero attached hydrogens (tertiary/aromatic N) is 2. The molecule has 6 heteroatoms. The van der Waals surface area contributed by atoms with E-state index in [0.717, 1.165) is 24.9 Å². The molecule has 1 saturated heterocycles. The smallest absolute Gasteiger partial charge is 0.241 e. The number of amides is 2. The van der Waals surface area contributed by atoms with Gasteiger partial charge in [0.05, 0.1) is 12.5 Å². The van der Waals surface area contributed by atoms with Crippen LogP contribution in [0.1, 0.15) is 18.4 Å². The van der Waals surface area contributed by atoms with Crippen LogP contribution in [-0.4, -0.2) is 55.3 Å². The molecule has 0 unspecified atom stereocenters. The zero-order valence-corrected chi connectivity index (χ0v) is 13.7. The first-order chi connectivity index (χ1) is 11.0. The number of halogens is 1. The fourth-order valence-corrected chi connectivity index (χ4v) is 2.77. The van der Waals surface area contributed by atoms with Gasteiger partial charge >= 0.3 is 0 Å². The first kappa shape index (κ1) is 17.4. The molecule has 0 bridgehead atoms. The highest BCUT2D eigenvalue weighted by Gasteiger charge is 2.26. The summed E-state index contributed by atoms with van der Waals surface area (Å²) in [5.41, 5.74) is 0.911. The topological polar surface area (TPSA) is 52.7 Å². The maximum Gasteiger partial charge on any atom is 0.241 e. The van der Waals surface area contributed by atoms with E-state index in [4.69, 9.17) is 0 Å². The van der Waals surface area contributed by atoms with E-state index >= 15 is 0 Å². The van der Waals surface area contributed by atoms with Crippen LogP contribution in [0.4, 0.5) is 4.39 Å². The molecule has 1 fully saturated rings. The second-order valence-corrected chi connectivity index (χ2v) is 6.21. The lowest BCUT2D eigenvalue weighted by Gasteiger charge is -2.32. The molecule has 0 radical (unpaired) electrons. The van der Waals surface area contributed by atoms with Gasteiger partial charge in [-0.2, -0.15) is 0 Å². The van der Waals surface area contributed by atoms with Gasteiger partial charge < -0.3 is 10.2 Å². The van der Waals surface area contributed by atoms with Gasteiger partial charge in [-0.15, -0.1) is 0 Å². The molecule has 5 nitrogen and oxygen atoms in total. The van der Waals surface area contributed by atoms with E-state index < -0.39 is 0 Å². The van der Waals surface area contributed by atoms with Gasteiger partial charge in [0, 0.05) is 27.2 Å². The van der Waals surface area contributed by atoms with E-state index in [1.54, 1.807) is 20.2 Å². The van der Waals surface area contributed by atoms with Crippen molar-refractivity contribution in [3.63, 3.8) is 0 Å². The molecule has 1 aliphatic rings. The van der Waals surface area contributed by atoms with Crippen molar-refractivity contribution in [1.29, 1.82) is 0 Å². The summed E-state index contributed by atoms with van der Waals surface area (Å²) in [5.74, 6) is -0.557.